The molecule has 2 fully saturated rings. The van der Waals surface area contributed by atoms with Gasteiger partial charge in [0.05, 0.1) is 0 Å². The number of nitrogens with one attached hydrogen (secondary N) is 1. The van der Waals surface area contributed by atoms with Gasteiger partial charge in [0.2, 0.25) is 0 Å². The van der Waals surface area contributed by atoms with Gasteiger partial charge in [0.15, 0.2) is 6.61 Å². The Kier molecular flexibility index (Phi) is 6.94. The van der Waals surface area contributed by atoms with Crippen LogP contribution in [0.4, 0.5) is 0 Å². The van der Waals surface area contributed by atoms with Crippen molar-refractivity contribution in [2.24, 2.45) is 0 Å². The first-order valence-corrected chi connectivity index (χ1v) is 10.5. The van der Waals surface area contributed by atoms with Crippen LogP contribution in [0.15, 0.2) is 24.3 Å². The van der Waals surface area contributed by atoms with Crippen LogP contribution in [0.3, 0.4) is 0 Å². The van der Waals surface area contributed by atoms with E-state index in [0.717, 1.165) is 38.8 Å². The predicted octanol–water partition coefficient (Wildman–Crippen LogP) is 2.68. The summed E-state index contributed by atoms with van der Waals surface area (Å²) in [4.78, 5) is 29.2. The fourth-order valence-electron chi connectivity index (χ4n) is 4.26. The van der Waals surface area contributed by atoms with Crippen LogP contribution in [0.25, 0.3) is 0 Å². The summed E-state index contributed by atoms with van der Waals surface area (Å²) in [5.74, 6) is 0.596. The zero-order chi connectivity index (χ0) is 20.1. The first-order valence-electron chi connectivity index (χ1n) is 10.5. The van der Waals surface area contributed by atoms with Gasteiger partial charge >= 0.3 is 0 Å². The predicted molar refractivity (Wildman–Crippen MR) is 110 cm³/mol. The number of nitrogens with zero attached hydrogens (tertiary/aromatic N) is 2. The molecule has 2 atom stereocenters. The maximum Gasteiger partial charge on any atom is 0.260 e. The lowest BCUT2D eigenvalue weighted by Gasteiger charge is -2.38. The molecular weight excluding hydrogens is 354 g/mol. The summed E-state index contributed by atoms with van der Waals surface area (Å²) in [6, 6.07) is 7.83. The Bertz CT molecular complexity index is 658. The molecule has 1 aromatic rings. The monoisotopic (exact) mass is 387 g/mol. The zero-order valence-corrected chi connectivity index (χ0v) is 17.3. The Morgan fingerprint density at radius 3 is 2.25 bits per heavy atom. The second-order valence-corrected chi connectivity index (χ2v) is 8.29. The molecule has 154 valence electrons. The van der Waals surface area contributed by atoms with Crippen molar-refractivity contribution in [3.63, 3.8) is 0 Å². The molecule has 2 saturated heterocycles. The highest BCUT2D eigenvalue weighted by molar-refractivity contribution is 5.94. The molecule has 0 aliphatic carbocycles. The lowest BCUT2D eigenvalue weighted by molar-refractivity contribution is -0.139. The Hall–Kier alpha value is -2.08. The number of piperidine rings is 2. The van der Waals surface area contributed by atoms with Gasteiger partial charge in [-0.25, -0.2) is 0 Å². The number of carbonyl (C=O) groups excluding carboxylic acids is 2. The summed E-state index contributed by atoms with van der Waals surface area (Å²) < 4.78 is 5.69. The topological polar surface area (TPSA) is 61.9 Å². The molecule has 6 nitrogen and oxygen atoms in total. The number of ether oxygens (including phenoxy) is 1. The molecule has 2 heterocycles. The van der Waals surface area contributed by atoms with Crippen molar-refractivity contribution in [1.82, 2.24) is 15.1 Å². The smallest absolute Gasteiger partial charge is 0.260 e. The third-order valence-electron chi connectivity index (χ3n) is 6.01. The van der Waals surface area contributed by atoms with E-state index in [-0.39, 0.29) is 36.5 Å². The van der Waals surface area contributed by atoms with Crippen LogP contribution in [-0.2, 0) is 4.79 Å². The van der Waals surface area contributed by atoms with Crippen LogP contribution in [0.1, 0.15) is 56.3 Å². The summed E-state index contributed by atoms with van der Waals surface area (Å²) in [7, 11) is 2.11. The van der Waals surface area contributed by atoms with Crippen LogP contribution in [0.2, 0.25) is 0 Å². The molecule has 2 unspecified atom stereocenters. The number of hydrogen-bond donors (Lipinski definition) is 1. The van der Waals surface area contributed by atoms with Crippen LogP contribution in [-0.4, -0.2) is 66.5 Å². The Balaban J connectivity index is 1.48. The summed E-state index contributed by atoms with van der Waals surface area (Å²) in [6.45, 7) is 6.27. The van der Waals surface area contributed by atoms with Crippen molar-refractivity contribution in [2.75, 3.05) is 26.7 Å². The quantitative estimate of drug-likeness (QED) is 0.844. The van der Waals surface area contributed by atoms with Crippen LogP contribution in [0.5, 0.6) is 5.75 Å². The van der Waals surface area contributed by atoms with Crippen molar-refractivity contribution < 1.29 is 14.3 Å². The molecule has 0 radical (unpaired) electrons. The van der Waals surface area contributed by atoms with E-state index in [1.165, 1.54) is 6.42 Å². The molecule has 2 amide bonds. The SMILES string of the molecule is CC1CCCC(C)N1C(=O)COc1ccc(C(=O)NC2CCN(C)CC2)cc1. The van der Waals surface area contributed by atoms with Gasteiger partial charge in [-0.1, -0.05) is 0 Å². The second kappa shape index (κ2) is 9.41. The Morgan fingerprint density at radius 1 is 1.04 bits per heavy atom. The average Bonchev–Trinajstić information content (AvgIpc) is 2.68. The van der Waals surface area contributed by atoms with Crippen molar-refractivity contribution in [3.8, 4) is 5.75 Å². The summed E-state index contributed by atoms with van der Waals surface area (Å²) >= 11 is 0. The van der Waals surface area contributed by atoms with Crippen molar-refractivity contribution >= 4 is 11.8 Å². The zero-order valence-electron chi connectivity index (χ0n) is 17.3. The van der Waals surface area contributed by atoms with E-state index >= 15 is 0 Å². The largest absolute Gasteiger partial charge is 0.484 e. The molecule has 0 saturated carbocycles. The highest BCUT2D eigenvalue weighted by atomic mass is 16.5. The van der Waals surface area contributed by atoms with Gasteiger partial charge in [-0.2, -0.15) is 0 Å². The van der Waals surface area contributed by atoms with E-state index in [4.69, 9.17) is 4.74 Å². The van der Waals surface area contributed by atoms with Crippen molar-refractivity contribution in [1.29, 1.82) is 0 Å². The number of carbonyl (C=O) groups is 2. The lowest BCUT2D eigenvalue weighted by atomic mass is 9.97. The average molecular weight is 388 g/mol. The van der Waals surface area contributed by atoms with Crippen LogP contribution >= 0.6 is 0 Å². The van der Waals surface area contributed by atoms with Crippen molar-refractivity contribution in [3.05, 3.63) is 29.8 Å². The molecular formula is C22H33N3O3. The molecule has 0 aromatic heterocycles. The third-order valence-corrected chi connectivity index (χ3v) is 6.01. The van der Waals surface area contributed by atoms with Gasteiger partial charge < -0.3 is 19.9 Å². The standard InChI is InChI=1S/C22H33N3O3/c1-16-5-4-6-17(2)25(16)21(26)15-28-20-9-7-18(8-10-20)22(27)23-19-11-13-24(3)14-12-19/h7-10,16-17,19H,4-6,11-15H2,1-3H3,(H,23,27). The number of hydrogen-bond acceptors (Lipinski definition) is 4. The van der Waals surface area contributed by atoms with E-state index < -0.39 is 0 Å². The first-order chi connectivity index (χ1) is 13.4. The minimum absolute atomic E-state index is 0.0313. The molecule has 1 aromatic carbocycles. The Morgan fingerprint density at radius 2 is 1.64 bits per heavy atom. The van der Waals surface area contributed by atoms with E-state index in [9.17, 15) is 9.59 Å². The third kappa shape index (κ3) is 5.25. The number of likely N-dealkylation sites (tertiary alicyclic amines) is 2. The van der Waals surface area contributed by atoms with Gasteiger partial charge in [-0.3, -0.25) is 9.59 Å². The number of amides is 2. The minimum atomic E-state index is -0.0480. The number of benzene rings is 1. The minimum Gasteiger partial charge on any atom is -0.484 e. The number of rotatable bonds is 5. The second-order valence-electron chi connectivity index (χ2n) is 8.29. The van der Waals surface area contributed by atoms with Crippen molar-refractivity contribution in [2.45, 2.75) is 64.1 Å². The first kappa shape index (κ1) is 20.6. The molecule has 1 N–H and O–H groups in total. The van der Waals surface area contributed by atoms with Crippen LogP contribution in [0, 0.1) is 0 Å². The highest BCUT2D eigenvalue weighted by Crippen LogP contribution is 2.23. The van der Waals surface area contributed by atoms with Gasteiger partial charge in [-0.15, -0.1) is 0 Å². The maximum atomic E-state index is 12.5. The summed E-state index contributed by atoms with van der Waals surface area (Å²) in [5.41, 5.74) is 0.621. The molecule has 3 rings (SSSR count). The molecule has 0 spiro atoms. The normalized spacial score (nSPS) is 24.0. The van der Waals surface area contributed by atoms with E-state index in [2.05, 4.69) is 31.1 Å². The van der Waals surface area contributed by atoms with Gasteiger partial charge in [0.1, 0.15) is 5.75 Å². The van der Waals surface area contributed by atoms with Gasteiger partial charge in [0.25, 0.3) is 11.8 Å². The van der Waals surface area contributed by atoms with E-state index in [0.29, 0.717) is 11.3 Å². The fourth-order valence-corrected chi connectivity index (χ4v) is 4.26. The molecule has 6 heteroatoms. The van der Waals surface area contributed by atoms with Gasteiger partial charge in [-0.05, 0) is 90.4 Å². The molecule has 2 aliphatic heterocycles. The highest BCUT2D eigenvalue weighted by Gasteiger charge is 2.29. The van der Waals surface area contributed by atoms with Crippen LogP contribution < -0.4 is 10.1 Å². The maximum absolute atomic E-state index is 12.5. The molecule has 28 heavy (non-hydrogen) atoms. The summed E-state index contributed by atoms with van der Waals surface area (Å²) in [6.07, 6.45) is 5.25. The van der Waals surface area contributed by atoms with E-state index in [1.807, 2.05) is 4.90 Å². The van der Waals surface area contributed by atoms with Gasteiger partial charge in [0, 0.05) is 23.7 Å². The Labute approximate surface area is 168 Å². The lowest BCUT2D eigenvalue weighted by Crippen LogP contribution is -2.49. The fraction of sp³-hybridized carbons (Fsp3) is 0.636. The molecule has 0 bridgehead atoms. The molecule has 2 aliphatic rings. The summed E-state index contributed by atoms with van der Waals surface area (Å²) in [5, 5.41) is 3.11. The van der Waals surface area contributed by atoms with E-state index in [1.54, 1.807) is 24.3 Å².